The van der Waals surface area contributed by atoms with Crippen molar-refractivity contribution < 1.29 is 33.9 Å². The third-order valence-electron chi connectivity index (χ3n) is 6.61. The topological polar surface area (TPSA) is 86.3 Å². The second-order valence-corrected chi connectivity index (χ2v) is 9.64. The molecule has 7 nitrogen and oxygen atoms in total. The summed E-state index contributed by atoms with van der Waals surface area (Å²) in [6.45, 7) is 11.1. The van der Waals surface area contributed by atoms with E-state index in [4.69, 9.17) is 23.7 Å². The highest BCUT2D eigenvalue weighted by atomic mass is 16.6. The average molecular weight is 522 g/mol. The number of fused-ring (bicyclic) bond motifs is 1. The lowest BCUT2D eigenvalue weighted by molar-refractivity contribution is 0.00708. The normalized spacial score (nSPS) is 19.6. The van der Waals surface area contributed by atoms with Crippen LogP contribution in [-0.2, 0) is 19.3 Å². The molecule has 0 amide bonds. The van der Waals surface area contributed by atoms with Gasteiger partial charge in [-0.1, -0.05) is 18.2 Å². The number of aromatic hydroxyl groups is 1. The molecule has 0 unspecified atom stereocenters. The Morgan fingerprint density at radius 3 is 1.74 bits per heavy atom. The van der Waals surface area contributed by atoms with Gasteiger partial charge in [0.25, 0.3) is 0 Å². The van der Waals surface area contributed by atoms with Crippen molar-refractivity contribution in [2.45, 2.75) is 33.8 Å². The molecular weight excluding hydrogens is 484 g/mol. The van der Waals surface area contributed by atoms with E-state index in [-0.39, 0.29) is 5.75 Å². The molecular formula is C31H37O7. The summed E-state index contributed by atoms with van der Waals surface area (Å²) >= 11 is 0. The Morgan fingerprint density at radius 2 is 1.18 bits per heavy atom. The van der Waals surface area contributed by atoms with Crippen LogP contribution in [0, 0.1) is 13.8 Å². The lowest BCUT2D eigenvalue weighted by Gasteiger charge is -2.22. The summed E-state index contributed by atoms with van der Waals surface area (Å²) < 4.78 is 28.8. The maximum Gasteiger partial charge on any atom is 0.161 e. The second-order valence-electron chi connectivity index (χ2n) is 9.64. The van der Waals surface area contributed by atoms with Crippen LogP contribution in [0.5, 0.6) is 17.2 Å². The van der Waals surface area contributed by atoms with E-state index in [9.17, 15) is 10.2 Å². The van der Waals surface area contributed by atoms with E-state index in [1.807, 2.05) is 70.2 Å². The van der Waals surface area contributed by atoms with Crippen molar-refractivity contribution in [3.63, 3.8) is 0 Å². The van der Waals surface area contributed by atoms with Crippen molar-refractivity contribution in [2.75, 3.05) is 52.9 Å². The van der Waals surface area contributed by atoms with Crippen LogP contribution in [0.1, 0.15) is 36.1 Å². The number of phenols is 1. The lowest BCUT2D eigenvalue weighted by Crippen LogP contribution is -2.13. The van der Waals surface area contributed by atoms with E-state index >= 15 is 0 Å². The van der Waals surface area contributed by atoms with Crippen LogP contribution >= 0.6 is 0 Å². The summed E-state index contributed by atoms with van der Waals surface area (Å²) in [5.74, 6) is 1.50. The molecule has 1 radical (unpaired) electrons. The van der Waals surface area contributed by atoms with Crippen molar-refractivity contribution in [2.24, 2.45) is 0 Å². The van der Waals surface area contributed by atoms with Gasteiger partial charge in [0, 0.05) is 0 Å². The predicted molar refractivity (Wildman–Crippen MR) is 145 cm³/mol. The number of aryl methyl sites for hydroxylation is 2. The number of hydrogen-bond donors (Lipinski definition) is 1. The largest absolute Gasteiger partial charge is 0.507 e. The smallest absolute Gasteiger partial charge is 0.161 e. The van der Waals surface area contributed by atoms with Gasteiger partial charge in [-0.25, -0.2) is 5.11 Å². The highest BCUT2D eigenvalue weighted by Crippen LogP contribution is 2.39. The number of ether oxygens (including phenoxy) is 5. The molecule has 2 aromatic rings. The molecule has 0 saturated carbocycles. The Balaban J connectivity index is 1.78. The zero-order chi connectivity index (χ0) is 27.1. The number of hydrogen-bond acceptors (Lipinski definition) is 6. The molecule has 0 fully saturated rings. The van der Waals surface area contributed by atoms with Gasteiger partial charge in [0.2, 0.25) is 0 Å². The molecule has 2 aliphatic rings. The summed E-state index contributed by atoms with van der Waals surface area (Å²) in [5, 5.41) is 23.0. The highest BCUT2D eigenvalue weighted by molar-refractivity contribution is 5.87. The molecule has 4 rings (SSSR count). The first-order chi connectivity index (χ1) is 18.3. The minimum atomic E-state index is -0.846. The number of phenolic OH excluding ortho intramolecular Hbond substituents is 1. The zero-order valence-electron chi connectivity index (χ0n) is 22.7. The van der Waals surface area contributed by atoms with Gasteiger partial charge in [0.15, 0.2) is 11.5 Å². The van der Waals surface area contributed by atoms with E-state index in [0.717, 1.165) is 44.5 Å². The third kappa shape index (κ3) is 6.85. The first-order valence-electron chi connectivity index (χ1n) is 13.1. The SMILES string of the molecule is CC1=CC(=C(c2cc(C)c(O)c(C)c2)c2ccc3c(c2)OCCOCCOCCOCCO3)C=C(C)C1[O]. The highest BCUT2D eigenvalue weighted by Gasteiger charge is 2.21. The number of rotatable bonds is 2. The zero-order valence-corrected chi connectivity index (χ0v) is 22.7. The average Bonchev–Trinajstić information content (AvgIpc) is 2.90. The van der Waals surface area contributed by atoms with Gasteiger partial charge in [-0.3, -0.25) is 0 Å². The van der Waals surface area contributed by atoms with Crippen molar-refractivity contribution in [1.29, 1.82) is 0 Å². The summed E-state index contributed by atoms with van der Waals surface area (Å²) in [5.41, 5.74) is 6.83. The molecule has 0 bridgehead atoms. The molecule has 38 heavy (non-hydrogen) atoms. The summed E-state index contributed by atoms with van der Waals surface area (Å²) in [7, 11) is 0. The first kappa shape index (κ1) is 27.9. The minimum absolute atomic E-state index is 0.282. The summed E-state index contributed by atoms with van der Waals surface area (Å²) in [6.07, 6.45) is 3.07. The van der Waals surface area contributed by atoms with Gasteiger partial charge in [-0.15, -0.1) is 0 Å². The quantitative estimate of drug-likeness (QED) is 0.574. The lowest BCUT2D eigenvalue weighted by atomic mass is 9.85. The molecule has 0 aromatic heterocycles. The van der Waals surface area contributed by atoms with Gasteiger partial charge in [-0.05, 0) is 96.5 Å². The Morgan fingerprint density at radius 1 is 0.684 bits per heavy atom. The van der Waals surface area contributed by atoms with Crippen molar-refractivity contribution >= 4 is 5.57 Å². The maximum atomic E-state index is 12.6. The van der Waals surface area contributed by atoms with E-state index < -0.39 is 6.10 Å². The van der Waals surface area contributed by atoms with Gasteiger partial charge in [0.05, 0.1) is 39.6 Å². The minimum Gasteiger partial charge on any atom is -0.507 e. The van der Waals surface area contributed by atoms with Crippen LogP contribution in [0.15, 0.2) is 59.2 Å². The number of allylic oxidation sites excluding steroid dienone is 3. The molecule has 0 saturated heterocycles. The molecule has 1 aliphatic heterocycles. The van der Waals surface area contributed by atoms with Gasteiger partial charge in [-0.2, -0.15) is 0 Å². The van der Waals surface area contributed by atoms with Gasteiger partial charge in [0.1, 0.15) is 25.1 Å². The Bertz CT molecular complexity index is 1180. The molecule has 1 aliphatic carbocycles. The van der Waals surface area contributed by atoms with Gasteiger partial charge < -0.3 is 28.8 Å². The number of benzene rings is 2. The first-order valence-corrected chi connectivity index (χ1v) is 13.1. The van der Waals surface area contributed by atoms with Crippen LogP contribution in [0.4, 0.5) is 0 Å². The van der Waals surface area contributed by atoms with E-state index in [2.05, 4.69) is 0 Å². The Kier molecular flexibility index (Phi) is 9.63. The Labute approximate surface area is 224 Å². The summed E-state index contributed by atoms with van der Waals surface area (Å²) in [4.78, 5) is 0. The van der Waals surface area contributed by atoms with Crippen LogP contribution in [-0.4, -0.2) is 64.1 Å². The molecule has 1 heterocycles. The van der Waals surface area contributed by atoms with Crippen molar-refractivity contribution in [1.82, 2.24) is 0 Å². The Hall–Kier alpha value is -3.10. The molecule has 1 N–H and O–H groups in total. The monoisotopic (exact) mass is 521 g/mol. The van der Waals surface area contributed by atoms with Crippen LogP contribution in [0.2, 0.25) is 0 Å². The predicted octanol–water partition coefficient (Wildman–Crippen LogP) is 5.34. The fraction of sp³-hybridized carbons (Fsp3) is 0.419. The molecule has 7 heteroatoms. The van der Waals surface area contributed by atoms with Gasteiger partial charge >= 0.3 is 0 Å². The fourth-order valence-electron chi connectivity index (χ4n) is 4.65. The van der Waals surface area contributed by atoms with Crippen LogP contribution in [0.3, 0.4) is 0 Å². The van der Waals surface area contributed by atoms with Crippen LogP contribution in [0.25, 0.3) is 5.57 Å². The van der Waals surface area contributed by atoms with Crippen molar-refractivity contribution in [3.05, 3.63) is 81.5 Å². The molecule has 2 aromatic carbocycles. The van der Waals surface area contributed by atoms with E-state index in [1.165, 1.54) is 0 Å². The van der Waals surface area contributed by atoms with Crippen molar-refractivity contribution in [3.8, 4) is 17.2 Å². The summed E-state index contributed by atoms with van der Waals surface area (Å²) in [6, 6.07) is 9.81. The molecule has 0 spiro atoms. The van der Waals surface area contributed by atoms with E-state index in [0.29, 0.717) is 64.4 Å². The third-order valence-corrected chi connectivity index (χ3v) is 6.61. The maximum absolute atomic E-state index is 12.6. The molecule has 203 valence electrons. The van der Waals surface area contributed by atoms with E-state index in [1.54, 1.807) is 0 Å². The molecule has 0 atom stereocenters. The fourth-order valence-corrected chi connectivity index (χ4v) is 4.65. The van der Waals surface area contributed by atoms with Crippen LogP contribution < -0.4 is 9.47 Å². The second kappa shape index (κ2) is 13.1. The standard InChI is InChI=1S/C31H37O7/c1-20-15-25(16-21(2)30(20)32)29(26-17-22(3)31(33)23(4)18-26)24-5-6-27-28(19-24)38-14-12-36-10-8-34-7-9-35-11-13-37-27/h5-6,15-19,30,33H,7-14H2,1-4H3.